The Morgan fingerprint density at radius 1 is 0.714 bits per heavy atom. The number of aromatic nitrogens is 1. The third-order valence-corrected chi connectivity index (χ3v) is 9.70. The monoisotopic (exact) mass is 766 g/mol. The van der Waals surface area contributed by atoms with E-state index in [2.05, 4.69) is 36.6 Å². The van der Waals surface area contributed by atoms with Crippen LogP contribution in [0.25, 0.3) is 21.7 Å². The molecule has 296 valence electrons. The van der Waals surface area contributed by atoms with Crippen molar-refractivity contribution in [1.82, 2.24) is 31.6 Å². The molecule has 16 nitrogen and oxygen atoms in total. The average molecular weight is 767 g/mol. The maximum absolute atomic E-state index is 14.2. The van der Waals surface area contributed by atoms with Gasteiger partial charge in [-0.15, -0.1) is 0 Å². The van der Waals surface area contributed by atoms with Crippen molar-refractivity contribution in [2.75, 3.05) is 13.1 Å². The van der Waals surface area contributed by atoms with Crippen LogP contribution in [0.5, 0.6) is 0 Å². The van der Waals surface area contributed by atoms with Crippen LogP contribution in [0, 0.1) is 0 Å². The van der Waals surface area contributed by atoms with Crippen LogP contribution in [-0.2, 0) is 41.6 Å². The fourth-order valence-electron chi connectivity index (χ4n) is 6.70. The van der Waals surface area contributed by atoms with Crippen molar-refractivity contribution >= 4 is 63.1 Å². The van der Waals surface area contributed by atoms with Crippen molar-refractivity contribution < 1.29 is 28.8 Å². The second kappa shape index (κ2) is 19.8. The van der Waals surface area contributed by atoms with Crippen molar-refractivity contribution in [3.05, 3.63) is 84.1 Å². The lowest BCUT2D eigenvalue weighted by molar-refractivity contribution is -0.134. The standard InChI is InChI=1S/C40H50N10O6/c41-36(53)30-12-5-6-18-44-34(51)16-17-35(52)47-32(21-24-14-15-25-8-1-2-9-26(25)20-24)38(55)49-31(13-7-19-45-40(42)43)37(54)50-33(39(56)48-30)22-27-23-46-29-11-4-3-10-28(27)29/h1-4,8-11,14-15,20,23,30-33,46H,5-7,12-13,16-19,21-22H2,(H2,41,53)(H,44,51)(H,47,52)(H,48,56)(H,49,55)(H,50,54)(H4,42,43,45)/t30-,31-,32+,33-/m0/s1. The first-order valence-electron chi connectivity index (χ1n) is 18.8. The number of carbonyl (C=O) groups is 6. The molecule has 0 bridgehead atoms. The molecule has 0 radical (unpaired) electrons. The van der Waals surface area contributed by atoms with Crippen LogP contribution in [0.2, 0.25) is 0 Å². The molecule has 1 aromatic heterocycles. The number of benzene rings is 3. The third-order valence-electron chi connectivity index (χ3n) is 9.70. The highest BCUT2D eigenvalue weighted by Crippen LogP contribution is 2.20. The maximum Gasteiger partial charge on any atom is 0.243 e. The van der Waals surface area contributed by atoms with Gasteiger partial charge in [0.05, 0.1) is 0 Å². The highest BCUT2D eigenvalue weighted by atomic mass is 16.2. The topological polar surface area (TPSA) is 269 Å². The summed E-state index contributed by atoms with van der Waals surface area (Å²) in [7, 11) is 0. The van der Waals surface area contributed by atoms with E-state index >= 15 is 0 Å². The van der Waals surface area contributed by atoms with Crippen LogP contribution in [0.3, 0.4) is 0 Å². The number of hydrogen-bond donors (Lipinski definition) is 9. The molecule has 0 unspecified atom stereocenters. The zero-order valence-electron chi connectivity index (χ0n) is 31.1. The Labute approximate surface area is 324 Å². The Hall–Kier alpha value is -6.45. The number of fused-ring (bicyclic) bond motifs is 2. The average Bonchev–Trinajstić information content (AvgIpc) is 3.58. The number of hydrogen-bond acceptors (Lipinski definition) is 7. The van der Waals surface area contributed by atoms with E-state index in [0.717, 1.165) is 32.8 Å². The lowest BCUT2D eigenvalue weighted by atomic mass is 10.00. The number of nitrogens with zero attached hydrogens (tertiary/aromatic N) is 1. The van der Waals surface area contributed by atoms with Crippen molar-refractivity contribution in [2.45, 2.75) is 82.0 Å². The summed E-state index contributed by atoms with van der Waals surface area (Å²) in [5.41, 5.74) is 19.0. The quantitative estimate of drug-likeness (QED) is 0.0662. The van der Waals surface area contributed by atoms with E-state index in [9.17, 15) is 28.8 Å². The highest BCUT2D eigenvalue weighted by molar-refractivity contribution is 5.96. The van der Waals surface area contributed by atoms with E-state index in [1.54, 1.807) is 6.20 Å². The predicted molar refractivity (Wildman–Crippen MR) is 213 cm³/mol. The largest absolute Gasteiger partial charge is 0.370 e. The Balaban J connectivity index is 1.47. The molecule has 1 fully saturated rings. The van der Waals surface area contributed by atoms with Gasteiger partial charge in [0.15, 0.2) is 5.96 Å². The van der Waals surface area contributed by atoms with Crippen molar-refractivity contribution in [3.8, 4) is 0 Å². The van der Waals surface area contributed by atoms with Gasteiger partial charge in [-0.25, -0.2) is 0 Å². The third kappa shape index (κ3) is 11.8. The van der Waals surface area contributed by atoms with Gasteiger partial charge in [0.2, 0.25) is 35.4 Å². The lowest BCUT2D eigenvalue weighted by Crippen LogP contribution is -2.58. The highest BCUT2D eigenvalue weighted by Gasteiger charge is 2.32. The van der Waals surface area contributed by atoms with Gasteiger partial charge in [-0.2, -0.15) is 0 Å². The molecule has 0 aliphatic carbocycles. The molecule has 0 spiro atoms. The van der Waals surface area contributed by atoms with Crippen LogP contribution < -0.4 is 43.8 Å². The zero-order valence-corrected chi connectivity index (χ0v) is 31.1. The Bertz CT molecular complexity index is 2080. The maximum atomic E-state index is 14.2. The van der Waals surface area contributed by atoms with Crippen LogP contribution in [-0.4, -0.2) is 83.6 Å². The summed E-state index contributed by atoms with van der Waals surface area (Å²) in [5, 5.41) is 16.6. The number of aliphatic imine (C=N–C) groups is 1. The first kappa shape index (κ1) is 40.7. The minimum atomic E-state index is -1.20. The molecule has 4 atom stereocenters. The van der Waals surface area contributed by atoms with Crippen molar-refractivity contribution in [1.29, 1.82) is 0 Å². The molecule has 4 aromatic rings. The van der Waals surface area contributed by atoms with Gasteiger partial charge in [0, 0.05) is 55.9 Å². The van der Waals surface area contributed by atoms with Gasteiger partial charge in [0.1, 0.15) is 24.2 Å². The lowest BCUT2D eigenvalue weighted by Gasteiger charge is -2.26. The summed E-state index contributed by atoms with van der Waals surface area (Å²) in [6.07, 6.45) is 3.00. The van der Waals surface area contributed by atoms with E-state index in [0.29, 0.717) is 12.8 Å². The van der Waals surface area contributed by atoms with E-state index < -0.39 is 53.7 Å². The molecular formula is C40H50N10O6. The predicted octanol–water partition coefficient (Wildman–Crippen LogP) is 0.665. The summed E-state index contributed by atoms with van der Waals surface area (Å²) in [6.45, 7) is 0.428. The fraction of sp³-hybridized carbons (Fsp3) is 0.375. The van der Waals surface area contributed by atoms with Crippen LogP contribution in [0.4, 0.5) is 0 Å². The van der Waals surface area contributed by atoms with Crippen LogP contribution in [0.15, 0.2) is 77.9 Å². The van der Waals surface area contributed by atoms with E-state index in [4.69, 9.17) is 17.2 Å². The number of nitrogens with two attached hydrogens (primary N) is 3. The first-order valence-corrected chi connectivity index (χ1v) is 18.8. The number of rotatable bonds is 9. The molecule has 5 rings (SSSR count). The molecule has 16 heteroatoms. The summed E-state index contributed by atoms with van der Waals surface area (Å²) >= 11 is 0. The number of carbonyl (C=O) groups excluding carboxylic acids is 6. The van der Waals surface area contributed by atoms with E-state index in [1.165, 1.54) is 0 Å². The van der Waals surface area contributed by atoms with E-state index in [1.807, 2.05) is 66.7 Å². The molecule has 6 amide bonds. The van der Waals surface area contributed by atoms with Gasteiger partial charge >= 0.3 is 0 Å². The first-order chi connectivity index (χ1) is 27.0. The molecule has 56 heavy (non-hydrogen) atoms. The normalized spacial score (nSPS) is 20.9. The fourth-order valence-corrected chi connectivity index (χ4v) is 6.70. The molecule has 1 aliphatic rings. The van der Waals surface area contributed by atoms with Crippen molar-refractivity contribution in [3.63, 3.8) is 0 Å². The summed E-state index contributed by atoms with van der Waals surface area (Å²) in [4.78, 5) is 87.8. The van der Waals surface area contributed by atoms with Crippen molar-refractivity contribution in [2.24, 2.45) is 22.2 Å². The van der Waals surface area contributed by atoms with Gasteiger partial charge in [-0.05, 0) is 60.1 Å². The number of aromatic amines is 1. The molecule has 12 N–H and O–H groups in total. The molecule has 1 saturated heterocycles. The molecular weight excluding hydrogens is 717 g/mol. The van der Waals surface area contributed by atoms with Gasteiger partial charge in [0.25, 0.3) is 0 Å². The van der Waals surface area contributed by atoms with Crippen LogP contribution >= 0.6 is 0 Å². The Morgan fingerprint density at radius 3 is 2.18 bits per heavy atom. The molecule has 0 saturated carbocycles. The van der Waals surface area contributed by atoms with Gasteiger partial charge < -0.3 is 48.8 Å². The Morgan fingerprint density at radius 2 is 1.39 bits per heavy atom. The summed E-state index contributed by atoms with van der Waals surface area (Å²) in [5.74, 6) is -3.76. The van der Waals surface area contributed by atoms with Crippen LogP contribution in [0.1, 0.15) is 56.1 Å². The summed E-state index contributed by atoms with van der Waals surface area (Å²) in [6, 6.07) is 16.3. The zero-order chi connectivity index (χ0) is 40.0. The number of guanidine groups is 1. The number of primary amides is 1. The second-order valence-electron chi connectivity index (χ2n) is 13.9. The smallest absolute Gasteiger partial charge is 0.243 e. The van der Waals surface area contributed by atoms with E-state index in [-0.39, 0.29) is 69.9 Å². The number of H-pyrrole nitrogens is 1. The minimum absolute atomic E-state index is 0.0361. The number of nitrogens with one attached hydrogen (secondary N) is 6. The van der Waals surface area contributed by atoms with Gasteiger partial charge in [-0.3, -0.25) is 33.8 Å². The molecule has 1 aliphatic heterocycles. The number of amides is 6. The Kier molecular flexibility index (Phi) is 14.4. The minimum Gasteiger partial charge on any atom is -0.370 e. The van der Waals surface area contributed by atoms with Gasteiger partial charge in [-0.1, -0.05) is 60.7 Å². The number of para-hydroxylation sites is 1. The second-order valence-corrected chi connectivity index (χ2v) is 13.9. The molecule has 2 heterocycles. The summed E-state index contributed by atoms with van der Waals surface area (Å²) < 4.78 is 0. The SMILES string of the molecule is NC(=O)[C@@H]1CCCCNC(=O)CCC(=O)N[C@H](Cc2ccc3ccccc3c2)C(=O)N[C@@H](CCCN=C(N)N)C(=O)N[C@@H](Cc2c[nH]c3ccccc23)C(=O)N1. The molecule has 3 aromatic carbocycles.